The van der Waals surface area contributed by atoms with Crippen molar-refractivity contribution >= 4 is 44.5 Å². The third-order valence-electron chi connectivity index (χ3n) is 3.70. The Morgan fingerprint density at radius 1 is 1.39 bits per heavy atom. The molecule has 2 aliphatic heterocycles. The van der Waals surface area contributed by atoms with E-state index in [1.54, 1.807) is 9.80 Å². The lowest BCUT2D eigenvalue weighted by Crippen LogP contribution is -2.54. The molecule has 126 valence electrons. The van der Waals surface area contributed by atoms with Gasteiger partial charge >= 0.3 is 12.1 Å². The van der Waals surface area contributed by atoms with Crippen molar-refractivity contribution in [2.75, 3.05) is 31.1 Å². The van der Waals surface area contributed by atoms with Crippen molar-refractivity contribution in [2.45, 2.75) is 32.4 Å². The summed E-state index contributed by atoms with van der Waals surface area (Å²) in [5, 5.41) is 2.53. The molecule has 1 aromatic rings. The summed E-state index contributed by atoms with van der Waals surface area (Å²) in [5.41, 5.74) is -0.515. The molecule has 1 atom stereocenters. The first-order valence-electron chi connectivity index (χ1n) is 7.42. The molecular weight excluding hydrogens is 384 g/mol. The molecule has 1 aromatic heterocycles. The van der Waals surface area contributed by atoms with Crippen molar-refractivity contribution in [3.63, 3.8) is 0 Å². The van der Waals surface area contributed by atoms with Gasteiger partial charge in [-0.15, -0.1) is 11.3 Å². The number of carbonyl (C=O) groups is 2. The van der Waals surface area contributed by atoms with E-state index in [9.17, 15) is 9.59 Å². The molecule has 0 saturated carbocycles. The molecule has 3 rings (SSSR count). The number of nitrogens with zero attached hydrogens (tertiary/aromatic N) is 4. The number of carbonyl (C=O) groups excluding carboxylic acids is 2. The van der Waals surface area contributed by atoms with Crippen LogP contribution >= 0.6 is 27.3 Å². The summed E-state index contributed by atoms with van der Waals surface area (Å²) in [6.45, 7) is 7.59. The normalized spacial score (nSPS) is 21.7. The monoisotopic (exact) mass is 402 g/mol. The summed E-state index contributed by atoms with van der Waals surface area (Å²) >= 11 is 4.74. The highest BCUT2D eigenvalue weighted by Gasteiger charge is 2.43. The van der Waals surface area contributed by atoms with Crippen LogP contribution in [0.5, 0.6) is 0 Å². The number of ether oxygens (including phenoxy) is 1. The summed E-state index contributed by atoms with van der Waals surface area (Å²) < 4.78 is 6.15. The summed E-state index contributed by atoms with van der Waals surface area (Å²) in [6.07, 6.45) is -0.319. The van der Waals surface area contributed by atoms with Gasteiger partial charge in [-0.05, 0) is 36.7 Å². The van der Waals surface area contributed by atoms with Crippen molar-refractivity contribution in [1.29, 1.82) is 0 Å². The third-order valence-corrected chi connectivity index (χ3v) is 5.27. The number of rotatable bonds is 1. The fraction of sp³-hybridized carbons (Fsp3) is 0.643. The number of aromatic nitrogens is 1. The number of fused-ring (bicyclic) bond motifs is 1. The standard InChI is InChI=1S/C14H19BrN4O3S/c1-14(2,3)22-13(21)17-4-5-18-9(6-17)7-19(12(18)20)11-16-10(15)8-23-11/h8-9H,4-7H2,1-3H3. The Labute approximate surface area is 147 Å². The molecule has 0 N–H and O–H groups in total. The summed E-state index contributed by atoms with van der Waals surface area (Å²) in [5.74, 6) is 0. The second-order valence-corrected chi connectivity index (χ2v) is 8.27. The highest BCUT2D eigenvalue weighted by Crippen LogP contribution is 2.30. The second-order valence-electron chi connectivity index (χ2n) is 6.62. The fourth-order valence-electron chi connectivity index (χ4n) is 2.73. The van der Waals surface area contributed by atoms with E-state index in [0.29, 0.717) is 31.3 Å². The second kappa shape index (κ2) is 5.94. The molecule has 7 nitrogen and oxygen atoms in total. The Balaban J connectivity index is 1.68. The first-order valence-corrected chi connectivity index (χ1v) is 9.09. The van der Waals surface area contributed by atoms with E-state index < -0.39 is 5.60 Å². The maximum absolute atomic E-state index is 12.5. The van der Waals surface area contributed by atoms with Crippen LogP contribution in [0.4, 0.5) is 14.7 Å². The zero-order chi connectivity index (χ0) is 16.8. The van der Waals surface area contributed by atoms with Gasteiger partial charge in [-0.1, -0.05) is 0 Å². The van der Waals surface area contributed by atoms with Crippen LogP contribution in [0, 0.1) is 0 Å². The number of amides is 3. The smallest absolute Gasteiger partial charge is 0.410 e. The Morgan fingerprint density at radius 2 is 2.13 bits per heavy atom. The molecule has 0 bridgehead atoms. The SMILES string of the molecule is CC(C)(C)OC(=O)N1CCN2C(=O)N(c3nc(Br)cs3)CC2C1. The lowest BCUT2D eigenvalue weighted by molar-refractivity contribution is 0.0128. The van der Waals surface area contributed by atoms with Crippen molar-refractivity contribution in [3.8, 4) is 0 Å². The van der Waals surface area contributed by atoms with Gasteiger partial charge in [0, 0.05) is 25.0 Å². The molecule has 2 aliphatic rings. The number of urea groups is 1. The molecular formula is C14H19BrN4O3S. The summed E-state index contributed by atoms with van der Waals surface area (Å²) in [4.78, 5) is 34.2. The molecule has 0 spiro atoms. The van der Waals surface area contributed by atoms with Crippen LogP contribution in [0.2, 0.25) is 0 Å². The quantitative estimate of drug-likeness (QED) is 0.724. The van der Waals surface area contributed by atoms with Crippen molar-refractivity contribution in [3.05, 3.63) is 9.98 Å². The van der Waals surface area contributed by atoms with Crippen LogP contribution in [-0.2, 0) is 4.74 Å². The first-order chi connectivity index (χ1) is 10.7. The van der Waals surface area contributed by atoms with Crippen LogP contribution in [0.25, 0.3) is 0 Å². The number of anilines is 1. The number of piperazine rings is 1. The van der Waals surface area contributed by atoms with Gasteiger partial charge in [-0.25, -0.2) is 14.6 Å². The minimum Gasteiger partial charge on any atom is -0.444 e. The average Bonchev–Trinajstić information content (AvgIpc) is 3.01. The number of hydrogen-bond acceptors (Lipinski definition) is 5. The highest BCUT2D eigenvalue weighted by atomic mass is 79.9. The van der Waals surface area contributed by atoms with E-state index >= 15 is 0 Å². The van der Waals surface area contributed by atoms with Crippen LogP contribution in [0.1, 0.15) is 20.8 Å². The number of hydrogen-bond donors (Lipinski definition) is 0. The Morgan fingerprint density at radius 3 is 2.74 bits per heavy atom. The van der Waals surface area contributed by atoms with Crippen molar-refractivity contribution < 1.29 is 14.3 Å². The number of halogens is 1. The van der Waals surface area contributed by atoms with Crippen LogP contribution in [0.3, 0.4) is 0 Å². The molecule has 0 aromatic carbocycles. The molecule has 2 fully saturated rings. The molecule has 3 heterocycles. The molecule has 2 saturated heterocycles. The van der Waals surface area contributed by atoms with Crippen LogP contribution in [-0.4, -0.2) is 64.7 Å². The predicted molar refractivity (Wildman–Crippen MR) is 90.9 cm³/mol. The largest absolute Gasteiger partial charge is 0.444 e. The minimum absolute atomic E-state index is 0.0218. The zero-order valence-corrected chi connectivity index (χ0v) is 15.7. The third kappa shape index (κ3) is 3.45. The lowest BCUT2D eigenvalue weighted by atomic mass is 10.2. The summed E-state index contributed by atoms with van der Waals surface area (Å²) in [7, 11) is 0. The van der Waals surface area contributed by atoms with E-state index in [4.69, 9.17) is 4.74 Å². The van der Waals surface area contributed by atoms with Gasteiger partial charge in [0.05, 0.1) is 12.6 Å². The molecule has 9 heteroatoms. The maximum Gasteiger partial charge on any atom is 0.410 e. The number of thiazole rings is 1. The van der Waals surface area contributed by atoms with E-state index in [0.717, 1.165) is 4.60 Å². The fourth-order valence-corrected chi connectivity index (χ4v) is 3.98. The van der Waals surface area contributed by atoms with Gasteiger partial charge in [-0.3, -0.25) is 4.90 Å². The first kappa shape index (κ1) is 16.5. The Kier molecular flexibility index (Phi) is 4.26. The van der Waals surface area contributed by atoms with Gasteiger partial charge in [-0.2, -0.15) is 0 Å². The van der Waals surface area contributed by atoms with Gasteiger partial charge in [0.25, 0.3) is 0 Å². The van der Waals surface area contributed by atoms with Crippen LogP contribution < -0.4 is 4.90 Å². The topological polar surface area (TPSA) is 66.0 Å². The van der Waals surface area contributed by atoms with Gasteiger partial charge < -0.3 is 14.5 Å². The van der Waals surface area contributed by atoms with Crippen molar-refractivity contribution in [2.24, 2.45) is 0 Å². The van der Waals surface area contributed by atoms with E-state index in [2.05, 4.69) is 20.9 Å². The van der Waals surface area contributed by atoms with Gasteiger partial charge in [0.15, 0.2) is 5.13 Å². The molecule has 0 aliphatic carbocycles. The van der Waals surface area contributed by atoms with E-state index in [1.807, 2.05) is 31.1 Å². The maximum atomic E-state index is 12.5. The van der Waals surface area contributed by atoms with Crippen LogP contribution in [0.15, 0.2) is 9.98 Å². The average molecular weight is 403 g/mol. The van der Waals surface area contributed by atoms with Gasteiger partial charge in [0.1, 0.15) is 10.2 Å². The van der Waals surface area contributed by atoms with E-state index in [-0.39, 0.29) is 18.2 Å². The predicted octanol–water partition coefficient (Wildman–Crippen LogP) is 2.77. The molecule has 0 radical (unpaired) electrons. The summed E-state index contributed by atoms with van der Waals surface area (Å²) in [6, 6.07) is -0.0628. The minimum atomic E-state index is -0.515. The molecule has 3 amide bonds. The zero-order valence-electron chi connectivity index (χ0n) is 13.3. The molecule has 23 heavy (non-hydrogen) atoms. The Bertz CT molecular complexity index is 630. The lowest BCUT2D eigenvalue weighted by Gasteiger charge is -2.36. The van der Waals surface area contributed by atoms with E-state index in [1.165, 1.54) is 11.3 Å². The molecule has 1 unspecified atom stereocenters. The van der Waals surface area contributed by atoms with Crippen molar-refractivity contribution in [1.82, 2.24) is 14.8 Å². The Hall–Kier alpha value is -1.35. The van der Waals surface area contributed by atoms with Gasteiger partial charge in [0.2, 0.25) is 0 Å². The highest BCUT2D eigenvalue weighted by molar-refractivity contribution is 9.10.